The first kappa shape index (κ1) is 19.3. The van der Waals surface area contributed by atoms with Gasteiger partial charge in [0.15, 0.2) is 0 Å². The van der Waals surface area contributed by atoms with Gasteiger partial charge in [-0.2, -0.15) is 0 Å². The van der Waals surface area contributed by atoms with Gasteiger partial charge in [0.1, 0.15) is 5.82 Å². The summed E-state index contributed by atoms with van der Waals surface area (Å²) >= 11 is 0. The second-order valence-electron chi connectivity index (χ2n) is 6.57. The van der Waals surface area contributed by atoms with Gasteiger partial charge in [0, 0.05) is 51.8 Å². The molecule has 0 spiro atoms. The van der Waals surface area contributed by atoms with Crippen LogP contribution in [-0.4, -0.2) is 69.8 Å². The monoisotopic (exact) mass is 372 g/mol. The second kappa shape index (κ2) is 9.48. The van der Waals surface area contributed by atoms with E-state index < -0.39 is 0 Å². The minimum atomic E-state index is -0.0882. The standard InChI is InChI=1S/C19H28N6O2/c1-3-24(15-18-21-8-9-23(18)2)19(26)22-14-17(16-6-4-5-7-20-16)25-10-12-27-13-11-25/h4-9,17H,3,10-15H2,1-2H3,(H,22,26)/t17-/m0/s1. The lowest BCUT2D eigenvalue weighted by atomic mass is 10.1. The van der Waals surface area contributed by atoms with Crippen molar-refractivity contribution in [3.8, 4) is 0 Å². The molecule has 8 heteroatoms. The van der Waals surface area contributed by atoms with Crippen molar-refractivity contribution in [2.45, 2.75) is 19.5 Å². The third-order valence-corrected chi connectivity index (χ3v) is 4.88. The molecule has 0 unspecified atom stereocenters. The lowest BCUT2D eigenvalue weighted by Crippen LogP contribution is -2.47. The third-order valence-electron chi connectivity index (χ3n) is 4.88. The van der Waals surface area contributed by atoms with E-state index >= 15 is 0 Å². The molecule has 3 rings (SSSR count). The fraction of sp³-hybridized carbons (Fsp3) is 0.526. The van der Waals surface area contributed by atoms with E-state index in [-0.39, 0.29) is 12.1 Å². The molecule has 2 aromatic rings. The molecular formula is C19H28N6O2. The van der Waals surface area contributed by atoms with Crippen molar-refractivity contribution in [3.63, 3.8) is 0 Å². The molecule has 3 heterocycles. The average Bonchev–Trinajstić information content (AvgIpc) is 3.12. The summed E-state index contributed by atoms with van der Waals surface area (Å²) in [5.41, 5.74) is 0.965. The highest BCUT2D eigenvalue weighted by atomic mass is 16.5. The number of aryl methyl sites for hydroxylation is 1. The van der Waals surface area contributed by atoms with E-state index in [9.17, 15) is 4.79 Å². The Morgan fingerprint density at radius 1 is 1.30 bits per heavy atom. The number of pyridine rings is 1. The zero-order valence-electron chi connectivity index (χ0n) is 16.0. The van der Waals surface area contributed by atoms with Gasteiger partial charge in [-0.25, -0.2) is 9.78 Å². The van der Waals surface area contributed by atoms with Crippen molar-refractivity contribution < 1.29 is 9.53 Å². The minimum Gasteiger partial charge on any atom is -0.379 e. The maximum Gasteiger partial charge on any atom is 0.317 e. The van der Waals surface area contributed by atoms with Crippen LogP contribution in [0.3, 0.4) is 0 Å². The van der Waals surface area contributed by atoms with Crippen LogP contribution in [0.25, 0.3) is 0 Å². The number of hydrogen-bond donors (Lipinski definition) is 1. The summed E-state index contributed by atoms with van der Waals surface area (Å²) in [4.78, 5) is 25.6. The van der Waals surface area contributed by atoms with Gasteiger partial charge in [-0.1, -0.05) is 6.07 Å². The number of hydrogen-bond acceptors (Lipinski definition) is 5. The number of imidazole rings is 1. The fourth-order valence-electron chi connectivity index (χ4n) is 3.23. The molecule has 1 fully saturated rings. The van der Waals surface area contributed by atoms with E-state index in [1.165, 1.54) is 0 Å². The van der Waals surface area contributed by atoms with Gasteiger partial charge in [-0.15, -0.1) is 0 Å². The number of carbonyl (C=O) groups is 1. The summed E-state index contributed by atoms with van der Waals surface area (Å²) in [6.45, 7) is 6.66. The first-order valence-electron chi connectivity index (χ1n) is 9.40. The molecule has 1 aliphatic heterocycles. The lowest BCUT2D eigenvalue weighted by molar-refractivity contribution is 0.0156. The van der Waals surface area contributed by atoms with Gasteiger partial charge < -0.3 is 19.5 Å². The van der Waals surface area contributed by atoms with Crippen LogP contribution in [0, 0.1) is 0 Å². The summed E-state index contributed by atoms with van der Waals surface area (Å²) in [6.07, 6.45) is 5.43. The Hall–Kier alpha value is -2.45. The predicted molar refractivity (Wildman–Crippen MR) is 102 cm³/mol. The van der Waals surface area contributed by atoms with Crippen molar-refractivity contribution in [2.24, 2.45) is 7.05 Å². The van der Waals surface area contributed by atoms with Crippen LogP contribution in [0.15, 0.2) is 36.8 Å². The van der Waals surface area contributed by atoms with E-state index in [0.717, 1.165) is 24.6 Å². The summed E-state index contributed by atoms with van der Waals surface area (Å²) in [5.74, 6) is 0.862. The highest BCUT2D eigenvalue weighted by Crippen LogP contribution is 2.19. The van der Waals surface area contributed by atoms with Crippen LogP contribution in [0.1, 0.15) is 24.5 Å². The molecular weight excluding hydrogens is 344 g/mol. The molecule has 1 N–H and O–H groups in total. The number of morpholine rings is 1. The van der Waals surface area contributed by atoms with E-state index in [1.807, 2.05) is 42.9 Å². The Bertz CT molecular complexity index is 714. The number of rotatable bonds is 7. The Balaban J connectivity index is 1.64. The van der Waals surface area contributed by atoms with Crippen LogP contribution in [0.4, 0.5) is 4.79 Å². The van der Waals surface area contributed by atoms with Gasteiger partial charge in [0.05, 0.1) is 31.5 Å². The van der Waals surface area contributed by atoms with Gasteiger partial charge in [-0.3, -0.25) is 9.88 Å². The normalized spacial score (nSPS) is 16.1. The maximum atomic E-state index is 12.7. The van der Waals surface area contributed by atoms with Crippen molar-refractivity contribution in [1.29, 1.82) is 0 Å². The molecule has 2 amide bonds. The average molecular weight is 372 g/mol. The highest BCUT2D eigenvalue weighted by Gasteiger charge is 2.25. The van der Waals surface area contributed by atoms with Crippen LogP contribution < -0.4 is 5.32 Å². The van der Waals surface area contributed by atoms with Crippen molar-refractivity contribution in [2.75, 3.05) is 39.4 Å². The molecule has 0 bridgehead atoms. The first-order chi connectivity index (χ1) is 13.2. The number of nitrogens with one attached hydrogen (secondary N) is 1. The zero-order valence-corrected chi connectivity index (χ0v) is 16.0. The SMILES string of the molecule is CCN(Cc1nccn1C)C(=O)NC[C@@H](c1ccccn1)N1CCOCC1. The fourth-order valence-corrected chi connectivity index (χ4v) is 3.23. The Labute approximate surface area is 160 Å². The van der Waals surface area contributed by atoms with E-state index in [2.05, 4.69) is 20.2 Å². The Kier molecular flexibility index (Phi) is 6.78. The number of amides is 2. The minimum absolute atomic E-state index is 0.0333. The van der Waals surface area contributed by atoms with Crippen molar-refractivity contribution in [1.82, 2.24) is 29.7 Å². The van der Waals surface area contributed by atoms with E-state index in [0.29, 0.717) is 32.8 Å². The van der Waals surface area contributed by atoms with Crippen molar-refractivity contribution in [3.05, 3.63) is 48.3 Å². The van der Waals surface area contributed by atoms with E-state index in [1.54, 1.807) is 17.3 Å². The predicted octanol–water partition coefficient (Wildman–Crippen LogP) is 1.42. The van der Waals surface area contributed by atoms with Crippen molar-refractivity contribution >= 4 is 6.03 Å². The molecule has 0 saturated carbocycles. The Morgan fingerprint density at radius 2 is 2.11 bits per heavy atom. The van der Waals surface area contributed by atoms with E-state index in [4.69, 9.17) is 4.74 Å². The van der Waals surface area contributed by atoms with Gasteiger partial charge >= 0.3 is 6.03 Å². The van der Waals surface area contributed by atoms with Gasteiger partial charge in [0.2, 0.25) is 0 Å². The van der Waals surface area contributed by atoms with Crippen LogP contribution in [0.2, 0.25) is 0 Å². The van der Waals surface area contributed by atoms with Crippen LogP contribution in [0.5, 0.6) is 0 Å². The highest BCUT2D eigenvalue weighted by molar-refractivity contribution is 5.74. The Morgan fingerprint density at radius 3 is 2.74 bits per heavy atom. The molecule has 0 radical (unpaired) electrons. The third kappa shape index (κ3) is 5.05. The largest absolute Gasteiger partial charge is 0.379 e. The van der Waals surface area contributed by atoms with Crippen LogP contribution in [-0.2, 0) is 18.3 Å². The lowest BCUT2D eigenvalue weighted by Gasteiger charge is -2.34. The molecule has 1 aliphatic rings. The summed E-state index contributed by atoms with van der Waals surface area (Å²) in [6, 6.07) is 5.85. The second-order valence-corrected chi connectivity index (χ2v) is 6.57. The molecule has 8 nitrogen and oxygen atoms in total. The summed E-state index contributed by atoms with van der Waals surface area (Å²) in [7, 11) is 1.93. The maximum absolute atomic E-state index is 12.7. The molecule has 0 aromatic carbocycles. The molecule has 27 heavy (non-hydrogen) atoms. The number of ether oxygens (including phenoxy) is 1. The molecule has 2 aromatic heterocycles. The smallest absolute Gasteiger partial charge is 0.317 e. The summed E-state index contributed by atoms with van der Waals surface area (Å²) < 4.78 is 7.40. The molecule has 1 atom stereocenters. The van der Waals surface area contributed by atoms with Gasteiger partial charge in [-0.05, 0) is 19.1 Å². The molecule has 0 aliphatic carbocycles. The number of aromatic nitrogens is 3. The summed E-state index contributed by atoms with van der Waals surface area (Å²) in [5, 5.41) is 3.09. The number of urea groups is 1. The number of carbonyl (C=O) groups excluding carboxylic acids is 1. The zero-order chi connectivity index (χ0) is 19.1. The number of nitrogens with zero attached hydrogens (tertiary/aromatic N) is 5. The topological polar surface area (TPSA) is 75.5 Å². The van der Waals surface area contributed by atoms with Crippen LogP contribution >= 0.6 is 0 Å². The first-order valence-corrected chi connectivity index (χ1v) is 9.40. The molecule has 1 saturated heterocycles. The molecule has 146 valence electrons. The van der Waals surface area contributed by atoms with Gasteiger partial charge in [0.25, 0.3) is 0 Å². The quantitative estimate of drug-likeness (QED) is 0.796.